The highest BCUT2D eigenvalue weighted by Crippen LogP contribution is 2.26. The predicted molar refractivity (Wildman–Crippen MR) is 74.5 cm³/mol. The topological polar surface area (TPSA) is 85.1 Å². The van der Waals surface area contributed by atoms with Crippen LogP contribution >= 0.6 is 0 Å². The van der Waals surface area contributed by atoms with Crippen molar-refractivity contribution in [2.75, 3.05) is 20.1 Å². The number of carbonyl (C=O) groups is 1. The second-order valence-electron chi connectivity index (χ2n) is 5.49. The first kappa shape index (κ1) is 13.5. The van der Waals surface area contributed by atoms with Gasteiger partial charge in [-0.15, -0.1) is 0 Å². The molecule has 0 aliphatic carbocycles. The molecule has 2 fully saturated rings. The van der Waals surface area contributed by atoms with Gasteiger partial charge in [-0.1, -0.05) is 0 Å². The second kappa shape index (κ2) is 5.90. The molecule has 3 heterocycles. The summed E-state index contributed by atoms with van der Waals surface area (Å²) >= 11 is 0. The van der Waals surface area contributed by atoms with E-state index in [1.54, 1.807) is 13.2 Å². The minimum absolute atomic E-state index is 0.0119. The van der Waals surface area contributed by atoms with Crippen LogP contribution in [0.3, 0.4) is 0 Å². The van der Waals surface area contributed by atoms with Crippen molar-refractivity contribution >= 4 is 5.91 Å². The normalized spacial score (nSPS) is 30.8. The number of nitrogens with zero attached hydrogens (tertiary/aromatic N) is 2. The van der Waals surface area contributed by atoms with Crippen molar-refractivity contribution < 1.29 is 4.79 Å². The van der Waals surface area contributed by atoms with Crippen molar-refractivity contribution in [2.45, 2.75) is 31.5 Å². The molecule has 2 aliphatic heterocycles. The molecule has 1 aromatic rings. The third-order valence-electron chi connectivity index (χ3n) is 4.34. The van der Waals surface area contributed by atoms with Crippen LogP contribution in [0, 0.1) is 5.92 Å². The van der Waals surface area contributed by atoms with Crippen LogP contribution in [0.4, 0.5) is 0 Å². The number of nitrogens with one attached hydrogen (secondary N) is 4. The highest BCUT2D eigenvalue weighted by molar-refractivity contribution is 5.79. The third-order valence-corrected chi connectivity index (χ3v) is 4.34. The van der Waals surface area contributed by atoms with Crippen LogP contribution in [0.15, 0.2) is 12.4 Å². The van der Waals surface area contributed by atoms with Crippen LogP contribution in [0.5, 0.6) is 0 Å². The van der Waals surface area contributed by atoms with Gasteiger partial charge in [-0.25, -0.2) is 4.98 Å². The Morgan fingerprint density at radius 2 is 2.50 bits per heavy atom. The monoisotopic (exact) mass is 278 g/mol. The van der Waals surface area contributed by atoms with Crippen LogP contribution in [0.2, 0.25) is 0 Å². The van der Waals surface area contributed by atoms with E-state index in [9.17, 15) is 4.79 Å². The van der Waals surface area contributed by atoms with Crippen LogP contribution in [0.1, 0.15) is 18.7 Å². The molecule has 0 saturated carbocycles. The van der Waals surface area contributed by atoms with Crippen LogP contribution < -0.4 is 16.2 Å². The molecule has 1 aromatic heterocycles. The van der Waals surface area contributed by atoms with Crippen molar-refractivity contribution in [3.8, 4) is 0 Å². The highest BCUT2D eigenvalue weighted by atomic mass is 16.2. The molecule has 7 nitrogen and oxygen atoms in total. The fraction of sp³-hybridized carbons (Fsp3) is 0.692. The lowest BCUT2D eigenvalue weighted by Gasteiger charge is -2.31. The smallest absolute Gasteiger partial charge is 0.225 e. The zero-order valence-corrected chi connectivity index (χ0v) is 11.7. The summed E-state index contributed by atoms with van der Waals surface area (Å²) in [5.41, 5.74) is 6.42. The van der Waals surface area contributed by atoms with Gasteiger partial charge in [-0.05, 0) is 19.4 Å². The Kier molecular flexibility index (Phi) is 4.00. The van der Waals surface area contributed by atoms with Crippen molar-refractivity contribution in [3.05, 3.63) is 18.2 Å². The molecule has 2 saturated heterocycles. The van der Waals surface area contributed by atoms with Gasteiger partial charge in [-0.2, -0.15) is 0 Å². The van der Waals surface area contributed by atoms with E-state index in [0.717, 1.165) is 25.3 Å². The maximum absolute atomic E-state index is 12.0. The predicted octanol–water partition coefficient (Wildman–Crippen LogP) is -0.787. The molecule has 0 spiro atoms. The first-order valence-electron chi connectivity index (χ1n) is 7.22. The number of likely N-dealkylation sites (tertiary alicyclic amines) is 1. The summed E-state index contributed by atoms with van der Waals surface area (Å²) in [5.74, 6) is 1.08. The number of hydrogen-bond donors (Lipinski definition) is 4. The molecule has 0 aromatic carbocycles. The fourth-order valence-corrected chi connectivity index (χ4v) is 3.35. The van der Waals surface area contributed by atoms with Gasteiger partial charge in [0.25, 0.3) is 0 Å². The molecular weight excluding hydrogens is 256 g/mol. The average Bonchev–Trinajstić information content (AvgIpc) is 3.18. The van der Waals surface area contributed by atoms with E-state index < -0.39 is 0 Å². The highest BCUT2D eigenvalue weighted by Gasteiger charge is 2.41. The minimum atomic E-state index is -0.0119. The van der Waals surface area contributed by atoms with Crippen LogP contribution in [-0.4, -0.2) is 53.0 Å². The zero-order chi connectivity index (χ0) is 13.9. The molecule has 20 heavy (non-hydrogen) atoms. The van der Waals surface area contributed by atoms with E-state index in [4.69, 9.17) is 0 Å². The van der Waals surface area contributed by atoms with Gasteiger partial charge in [-0.3, -0.25) is 20.5 Å². The van der Waals surface area contributed by atoms with E-state index >= 15 is 0 Å². The second-order valence-corrected chi connectivity index (χ2v) is 5.49. The minimum Gasteiger partial charge on any atom is -0.359 e. The quantitative estimate of drug-likeness (QED) is 0.580. The number of rotatable bonds is 4. The van der Waals surface area contributed by atoms with E-state index in [1.807, 2.05) is 6.20 Å². The summed E-state index contributed by atoms with van der Waals surface area (Å²) in [6, 6.07) is 0.532. The third kappa shape index (κ3) is 2.56. The summed E-state index contributed by atoms with van der Waals surface area (Å²) in [4.78, 5) is 21.8. The Hall–Kier alpha value is -1.44. The van der Waals surface area contributed by atoms with Gasteiger partial charge in [0.15, 0.2) is 0 Å². The molecule has 110 valence electrons. The number of aromatic amines is 1. The molecule has 0 radical (unpaired) electrons. The number of amides is 1. The zero-order valence-electron chi connectivity index (χ0n) is 11.7. The number of aromatic nitrogens is 2. The first-order chi connectivity index (χ1) is 9.79. The molecule has 3 rings (SSSR count). The summed E-state index contributed by atoms with van der Waals surface area (Å²) < 4.78 is 0. The van der Waals surface area contributed by atoms with Gasteiger partial charge in [0.05, 0.1) is 12.5 Å². The molecule has 0 bridgehead atoms. The Labute approximate surface area is 118 Å². The van der Waals surface area contributed by atoms with Gasteiger partial charge >= 0.3 is 0 Å². The van der Waals surface area contributed by atoms with Crippen molar-refractivity contribution in [2.24, 2.45) is 5.92 Å². The number of hydrazine groups is 1. The van der Waals surface area contributed by atoms with Crippen molar-refractivity contribution in [3.63, 3.8) is 0 Å². The maximum atomic E-state index is 12.0. The van der Waals surface area contributed by atoms with Crippen molar-refractivity contribution in [1.82, 2.24) is 31.0 Å². The number of carbonyl (C=O) groups excluding carboxylic acids is 1. The van der Waals surface area contributed by atoms with Gasteiger partial charge < -0.3 is 10.3 Å². The average molecular weight is 278 g/mol. The Bertz CT molecular complexity index is 448. The SMILES string of the molecule is CNC(=O)C1CNNC1C1CCCN1Cc1ncc[nH]1. The van der Waals surface area contributed by atoms with E-state index in [0.29, 0.717) is 12.6 Å². The fourth-order valence-electron chi connectivity index (χ4n) is 3.35. The Balaban J connectivity index is 1.69. The van der Waals surface area contributed by atoms with Crippen molar-refractivity contribution in [1.29, 1.82) is 0 Å². The lowest BCUT2D eigenvalue weighted by Crippen LogP contribution is -2.50. The molecule has 3 unspecified atom stereocenters. The van der Waals surface area contributed by atoms with Gasteiger partial charge in [0.2, 0.25) is 5.91 Å². The largest absolute Gasteiger partial charge is 0.359 e. The number of H-pyrrole nitrogens is 1. The van der Waals surface area contributed by atoms with Gasteiger partial charge in [0.1, 0.15) is 5.82 Å². The molecule has 3 atom stereocenters. The van der Waals surface area contributed by atoms with Gasteiger partial charge in [0, 0.05) is 38.1 Å². The van der Waals surface area contributed by atoms with E-state index in [-0.39, 0.29) is 17.9 Å². The summed E-state index contributed by atoms with van der Waals surface area (Å²) in [6.45, 7) is 2.57. The molecule has 1 amide bonds. The lowest BCUT2D eigenvalue weighted by molar-refractivity contribution is -0.124. The van der Waals surface area contributed by atoms with E-state index in [2.05, 4.69) is 31.0 Å². The van der Waals surface area contributed by atoms with Crippen LogP contribution in [0.25, 0.3) is 0 Å². The molecule has 4 N–H and O–H groups in total. The summed E-state index contributed by atoms with van der Waals surface area (Å²) in [5, 5.41) is 2.76. The summed E-state index contributed by atoms with van der Waals surface area (Å²) in [7, 11) is 1.70. The standard InChI is InChI=1S/C13H22N6O/c1-14-13(20)9-7-17-18-12(9)10-3-2-6-19(10)8-11-15-4-5-16-11/h4-5,9-10,12,17-18H,2-3,6-8H2,1H3,(H,14,20)(H,15,16). The van der Waals surface area contributed by atoms with Crippen LogP contribution in [-0.2, 0) is 11.3 Å². The Morgan fingerprint density at radius 3 is 3.25 bits per heavy atom. The molecule has 7 heteroatoms. The molecular formula is C13H22N6O. The maximum Gasteiger partial charge on any atom is 0.225 e. The lowest BCUT2D eigenvalue weighted by atomic mass is 9.93. The molecule has 2 aliphatic rings. The van der Waals surface area contributed by atoms with E-state index in [1.165, 1.54) is 6.42 Å². The Morgan fingerprint density at radius 1 is 1.60 bits per heavy atom. The number of hydrogen-bond acceptors (Lipinski definition) is 5. The summed E-state index contributed by atoms with van der Waals surface area (Å²) in [6.07, 6.45) is 5.92. The number of imidazole rings is 1. The first-order valence-corrected chi connectivity index (χ1v) is 7.22.